The predicted molar refractivity (Wildman–Crippen MR) is 126 cm³/mol. The monoisotopic (exact) mass is 443 g/mol. The number of nitrogens with one attached hydrogen (secondary N) is 3. The predicted octanol–water partition coefficient (Wildman–Crippen LogP) is 1.91. The molecule has 1 heterocycles. The average Bonchev–Trinajstić information content (AvgIpc) is 2.81. The SMILES string of the molecule is CCOC1CC(NC(=NC)NCc2ccc(C(=O)N3CCNC(=O)C3)cc2)C1(CC)CC. The maximum Gasteiger partial charge on any atom is 0.254 e. The number of amides is 2. The van der Waals surface area contributed by atoms with E-state index in [1.54, 1.807) is 11.9 Å². The highest BCUT2D eigenvalue weighted by Gasteiger charge is 2.53. The molecule has 3 rings (SSSR count). The summed E-state index contributed by atoms with van der Waals surface area (Å²) in [4.78, 5) is 30.1. The Morgan fingerprint density at radius 1 is 1.25 bits per heavy atom. The van der Waals surface area contributed by atoms with Gasteiger partial charge >= 0.3 is 0 Å². The second kappa shape index (κ2) is 10.8. The van der Waals surface area contributed by atoms with Crippen LogP contribution in [0.4, 0.5) is 0 Å². The van der Waals surface area contributed by atoms with E-state index in [4.69, 9.17) is 4.74 Å². The van der Waals surface area contributed by atoms with Crippen LogP contribution in [-0.4, -0.2) is 68.1 Å². The molecule has 1 aromatic carbocycles. The molecule has 0 radical (unpaired) electrons. The van der Waals surface area contributed by atoms with Crippen molar-refractivity contribution in [1.82, 2.24) is 20.9 Å². The highest BCUT2D eigenvalue weighted by Crippen LogP contribution is 2.48. The molecule has 0 bridgehead atoms. The number of aliphatic imine (C=N–C) groups is 1. The summed E-state index contributed by atoms with van der Waals surface area (Å²) in [6.07, 6.45) is 3.42. The zero-order chi connectivity index (χ0) is 23.1. The van der Waals surface area contributed by atoms with E-state index in [9.17, 15) is 9.59 Å². The summed E-state index contributed by atoms with van der Waals surface area (Å²) in [5.74, 6) is 0.551. The van der Waals surface area contributed by atoms with Gasteiger partial charge in [0.05, 0.1) is 12.6 Å². The fraction of sp³-hybridized carbons (Fsp3) is 0.625. The molecule has 2 unspecified atom stereocenters. The van der Waals surface area contributed by atoms with Crippen molar-refractivity contribution in [3.8, 4) is 0 Å². The van der Waals surface area contributed by atoms with Crippen LogP contribution in [0.25, 0.3) is 0 Å². The number of rotatable bonds is 8. The number of carbonyl (C=O) groups excluding carboxylic acids is 2. The second-order valence-electron chi connectivity index (χ2n) is 8.52. The summed E-state index contributed by atoms with van der Waals surface area (Å²) >= 11 is 0. The van der Waals surface area contributed by atoms with Gasteiger partial charge in [-0.2, -0.15) is 0 Å². The molecule has 1 saturated heterocycles. The van der Waals surface area contributed by atoms with Crippen LogP contribution < -0.4 is 16.0 Å². The number of benzene rings is 1. The van der Waals surface area contributed by atoms with Crippen LogP contribution in [0.15, 0.2) is 29.3 Å². The molecule has 0 spiro atoms. The lowest BCUT2D eigenvalue weighted by molar-refractivity contribution is -0.133. The van der Waals surface area contributed by atoms with Gasteiger partial charge in [0.1, 0.15) is 0 Å². The van der Waals surface area contributed by atoms with Crippen molar-refractivity contribution < 1.29 is 14.3 Å². The molecule has 1 aliphatic heterocycles. The third-order valence-corrected chi connectivity index (χ3v) is 6.99. The quantitative estimate of drug-likeness (QED) is 0.421. The zero-order valence-electron chi connectivity index (χ0n) is 19.7. The van der Waals surface area contributed by atoms with Crippen molar-refractivity contribution in [2.75, 3.05) is 33.3 Å². The van der Waals surface area contributed by atoms with Crippen LogP contribution >= 0.6 is 0 Å². The molecule has 3 N–H and O–H groups in total. The van der Waals surface area contributed by atoms with Crippen molar-refractivity contribution in [3.05, 3.63) is 35.4 Å². The summed E-state index contributed by atoms with van der Waals surface area (Å²) in [7, 11) is 1.78. The highest BCUT2D eigenvalue weighted by atomic mass is 16.5. The minimum Gasteiger partial charge on any atom is -0.378 e. The Balaban J connectivity index is 1.54. The van der Waals surface area contributed by atoms with Gasteiger partial charge in [-0.25, -0.2) is 0 Å². The van der Waals surface area contributed by atoms with Crippen LogP contribution in [-0.2, 0) is 16.1 Å². The first-order valence-electron chi connectivity index (χ1n) is 11.7. The highest BCUT2D eigenvalue weighted by molar-refractivity contribution is 5.97. The molecule has 176 valence electrons. The Hall–Kier alpha value is -2.61. The second-order valence-corrected chi connectivity index (χ2v) is 8.52. The zero-order valence-corrected chi connectivity index (χ0v) is 19.7. The Morgan fingerprint density at radius 2 is 1.97 bits per heavy atom. The van der Waals surface area contributed by atoms with E-state index in [0.29, 0.717) is 37.3 Å². The molecule has 2 fully saturated rings. The van der Waals surface area contributed by atoms with Crippen molar-refractivity contribution in [3.63, 3.8) is 0 Å². The molecule has 2 aliphatic rings. The van der Waals surface area contributed by atoms with Gasteiger partial charge in [-0.15, -0.1) is 0 Å². The smallest absolute Gasteiger partial charge is 0.254 e. The first-order valence-corrected chi connectivity index (χ1v) is 11.7. The number of piperazine rings is 1. The number of carbonyl (C=O) groups is 2. The summed E-state index contributed by atoms with van der Waals surface area (Å²) in [6, 6.07) is 7.85. The van der Waals surface area contributed by atoms with Gasteiger partial charge in [0, 0.05) is 50.3 Å². The first-order chi connectivity index (χ1) is 15.5. The van der Waals surface area contributed by atoms with Gasteiger partial charge in [-0.05, 0) is 43.9 Å². The van der Waals surface area contributed by atoms with Crippen molar-refractivity contribution in [2.24, 2.45) is 10.4 Å². The Labute approximate surface area is 191 Å². The van der Waals surface area contributed by atoms with E-state index >= 15 is 0 Å². The molecule has 2 amide bonds. The molecule has 32 heavy (non-hydrogen) atoms. The van der Waals surface area contributed by atoms with E-state index in [0.717, 1.165) is 37.4 Å². The molecular weight excluding hydrogens is 406 g/mol. The fourth-order valence-corrected chi connectivity index (χ4v) is 4.89. The van der Waals surface area contributed by atoms with Crippen molar-refractivity contribution >= 4 is 17.8 Å². The number of hydrogen-bond donors (Lipinski definition) is 3. The van der Waals surface area contributed by atoms with Gasteiger partial charge < -0.3 is 25.6 Å². The molecule has 2 atom stereocenters. The summed E-state index contributed by atoms with van der Waals surface area (Å²) < 4.78 is 5.98. The summed E-state index contributed by atoms with van der Waals surface area (Å²) in [6.45, 7) is 9.03. The van der Waals surface area contributed by atoms with E-state index in [1.807, 2.05) is 24.3 Å². The number of ether oxygens (including phenoxy) is 1. The maximum absolute atomic E-state index is 12.6. The van der Waals surface area contributed by atoms with Crippen LogP contribution in [0, 0.1) is 5.41 Å². The molecule has 1 saturated carbocycles. The Kier molecular flexibility index (Phi) is 8.12. The minimum absolute atomic E-state index is 0.110. The number of hydrogen-bond acceptors (Lipinski definition) is 4. The summed E-state index contributed by atoms with van der Waals surface area (Å²) in [5, 5.41) is 9.71. The van der Waals surface area contributed by atoms with Crippen LogP contribution in [0.1, 0.15) is 56.0 Å². The summed E-state index contributed by atoms with van der Waals surface area (Å²) in [5.41, 5.74) is 1.79. The van der Waals surface area contributed by atoms with Gasteiger partial charge in [-0.3, -0.25) is 14.6 Å². The minimum atomic E-state index is -0.112. The average molecular weight is 444 g/mol. The van der Waals surface area contributed by atoms with Gasteiger partial charge in [0.25, 0.3) is 5.91 Å². The van der Waals surface area contributed by atoms with Crippen LogP contribution in [0.2, 0.25) is 0 Å². The molecule has 1 aliphatic carbocycles. The van der Waals surface area contributed by atoms with Gasteiger partial charge in [0.15, 0.2) is 5.96 Å². The van der Waals surface area contributed by atoms with E-state index in [1.165, 1.54) is 0 Å². The lowest BCUT2D eigenvalue weighted by atomic mass is 9.58. The van der Waals surface area contributed by atoms with E-state index in [-0.39, 0.29) is 23.8 Å². The lowest BCUT2D eigenvalue weighted by Gasteiger charge is -2.55. The van der Waals surface area contributed by atoms with Crippen molar-refractivity contribution in [2.45, 2.75) is 58.7 Å². The standard InChI is InChI=1S/C24H37N5O3/c1-5-24(6-2)19(14-20(24)32-7-3)28-23(25-4)27-15-17-8-10-18(11-9-17)22(31)29-13-12-26-21(30)16-29/h8-11,19-20H,5-7,12-16H2,1-4H3,(H,26,30)(H2,25,27,28). The third kappa shape index (κ3) is 5.06. The molecule has 8 nitrogen and oxygen atoms in total. The molecule has 8 heteroatoms. The lowest BCUT2D eigenvalue weighted by Crippen LogP contribution is -2.65. The van der Waals surface area contributed by atoms with E-state index < -0.39 is 0 Å². The fourth-order valence-electron chi connectivity index (χ4n) is 4.89. The van der Waals surface area contributed by atoms with Crippen LogP contribution in [0.3, 0.4) is 0 Å². The normalized spacial score (nSPS) is 22.7. The number of nitrogens with zero attached hydrogens (tertiary/aromatic N) is 2. The Morgan fingerprint density at radius 3 is 2.56 bits per heavy atom. The maximum atomic E-state index is 12.6. The van der Waals surface area contributed by atoms with E-state index in [2.05, 4.69) is 41.7 Å². The van der Waals surface area contributed by atoms with Gasteiger partial charge in [-0.1, -0.05) is 26.0 Å². The Bertz CT molecular complexity index is 819. The third-order valence-electron chi connectivity index (χ3n) is 6.99. The van der Waals surface area contributed by atoms with Crippen LogP contribution in [0.5, 0.6) is 0 Å². The molecular formula is C24H37N5O3. The molecule has 0 aromatic heterocycles. The topological polar surface area (TPSA) is 95.1 Å². The first kappa shape index (κ1) is 24.0. The van der Waals surface area contributed by atoms with Crippen molar-refractivity contribution in [1.29, 1.82) is 0 Å². The number of guanidine groups is 1. The van der Waals surface area contributed by atoms with Gasteiger partial charge in [0.2, 0.25) is 5.91 Å². The largest absolute Gasteiger partial charge is 0.378 e. The molecule has 1 aromatic rings.